The average Bonchev–Trinajstić information content (AvgIpc) is 2.43. The third kappa shape index (κ3) is 5.27. The summed E-state index contributed by atoms with van der Waals surface area (Å²) in [6.45, 7) is 2.67. The van der Waals surface area contributed by atoms with E-state index in [1.54, 1.807) is 6.07 Å². The van der Waals surface area contributed by atoms with Gasteiger partial charge in [-0.15, -0.1) is 0 Å². The van der Waals surface area contributed by atoms with Gasteiger partial charge in [0.25, 0.3) is 0 Å². The first-order valence-electron chi connectivity index (χ1n) is 6.72. The molecule has 1 rings (SSSR count). The van der Waals surface area contributed by atoms with Crippen LogP contribution in [0.4, 0.5) is 10.1 Å². The molecule has 0 aromatic heterocycles. The van der Waals surface area contributed by atoms with Gasteiger partial charge >= 0.3 is 5.97 Å². The summed E-state index contributed by atoms with van der Waals surface area (Å²) in [5.74, 6) is -0.869. The van der Waals surface area contributed by atoms with Crippen LogP contribution in [0.5, 0.6) is 0 Å². The number of benzene rings is 1. The predicted octanol–water partition coefficient (Wildman–Crippen LogP) is 3.39. The highest BCUT2D eigenvalue weighted by Gasteiger charge is 2.09. The first kappa shape index (κ1) is 16.0. The lowest BCUT2D eigenvalue weighted by atomic mass is 9.96. The Balaban J connectivity index is 2.47. The molecule has 2 N–H and O–H groups in total. The third-order valence-corrected chi connectivity index (χ3v) is 3.31. The Morgan fingerprint density at radius 2 is 2.25 bits per heavy atom. The summed E-state index contributed by atoms with van der Waals surface area (Å²) < 4.78 is 13.0. The zero-order valence-electron chi connectivity index (χ0n) is 11.5. The summed E-state index contributed by atoms with van der Waals surface area (Å²) in [6, 6.07) is 6.00. The van der Waals surface area contributed by atoms with Crippen molar-refractivity contribution in [2.24, 2.45) is 5.92 Å². The summed E-state index contributed by atoms with van der Waals surface area (Å²) in [4.78, 5) is 10.5. The van der Waals surface area contributed by atoms with Gasteiger partial charge in [-0.05, 0) is 37.0 Å². The van der Waals surface area contributed by atoms with E-state index in [1.807, 2.05) is 13.0 Å². The molecule has 0 aliphatic rings. The number of hydrogen-bond donors (Lipinski definition) is 2. The standard InChI is InChI=1S/C15H19FN2O2/c1-2-11(3-6-15(19)20)7-8-18-14-5-4-13(16)9-12(14)10-17/h4-5,9,11,18H,2-3,6-8H2,1H3,(H,19,20). The number of nitrogens with one attached hydrogen (secondary N) is 1. The first-order valence-corrected chi connectivity index (χ1v) is 6.72. The van der Waals surface area contributed by atoms with Gasteiger partial charge in [0.05, 0.1) is 11.3 Å². The number of anilines is 1. The number of rotatable bonds is 8. The van der Waals surface area contributed by atoms with Crippen LogP contribution in [0.15, 0.2) is 18.2 Å². The Hall–Kier alpha value is -2.09. The summed E-state index contributed by atoms with van der Waals surface area (Å²) in [5, 5.41) is 20.7. The number of nitrogens with zero attached hydrogens (tertiary/aromatic N) is 1. The minimum absolute atomic E-state index is 0.179. The maximum absolute atomic E-state index is 13.0. The van der Waals surface area contributed by atoms with Gasteiger partial charge in [-0.2, -0.15) is 5.26 Å². The maximum Gasteiger partial charge on any atom is 0.303 e. The monoisotopic (exact) mass is 278 g/mol. The van der Waals surface area contributed by atoms with E-state index in [1.165, 1.54) is 12.1 Å². The molecule has 0 bridgehead atoms. The van der Waals surface area contributed by atoms with E-state index in [0.717, 1.165) is 12.8 Å². The molecule has 20 heavy (non-hydrogen) atoms. The van der Waals surface area contributed by atoms with Crippen molar-refractivity contribution in [1.29, 1.82) is 5.26 Å². The van der Waals surface area contributed by atoms with Crippen molar-refractivity contribution < 1.29 is 14.3 Å². The number of nitriles is 1. The third-order valence-electron chi connectivity index (χ3n) is 3.31. The summed E-state index contributed by atoms with van der Waals surface area (Å²) >= 11 is 0. The molecule has 1 atom stereocenters. The molecule has 108 valence electrons. The Labute approximate surface area is 118 Å². The van der Waals surface area contributed by atoms with Crippen LogP contribution in [0.2, 0.25) is 0 Å². The number of carbonyl (C=O) groups is 1. The fraction of sp³-hybridized carbons (Fsp3) is 0.467. The zero-order chi connectivity index (χ0) is 15.0. The summed E-state index contributed by atoms with van der Waals surface area (Å²) in [7, 11) is 0. The van der Waals surface area contributed by atoms with Crippen LogP contribution in [0.1, 0.15) is 38.2 Å². The molecule has 0 aliphatic carbocycles. The highest BCUT2D eigenvalue weighted by molar-refractivity contribution is 5.66. The van der Waals surface area contributed by atoms with Crippen molar-refractivity contribution in [3.63, 3.8) is 0 Å². The number of carboxylic acid groups (broad SMARTS) is 1. The molecular formula is C15H19FN2O2. The van der Waals surface area contributed by atoms with Gasteiger partial charge in [-0.25, -0.2) is 4.39 Å². The van der Waals surface area contributed by atoms with E-state index in [0.29, 0.717) is 24.6 Å². The van der Waals surface area contributed by atoms with Gasteiger partial charge in [-0.3, -0.25) is 4.79 Å². The largest absolute Gasteiger partial charge is 0.481 e. The number of halogens is 1. The van der Waals surface area contributed by atoms with E-state index in [4.69, 9.17) is 10.4 Å². The van der Waals surface area contributed by atoms with E-state index in [-0.39, 0.29) is 12.0 Å². The molecule has 0 spiro atoms. The molecule has 0 heterocycles. The van der Waals surface area contributed by atoms with Crippen LogP contribution in [-0.2, 0) is 4.79 Å². The Bertz CT molecular complexity index is 497. The molecule has 0 aliphatic heterocycles. The van der Waals surface area contributed by atoms with Gasteiger partial charge < -0.3 is 10.4 Å². The molecule has 0 radical (unpaired) electrons. The van der Waals surface area contributed by atoms with Crippen molar-refractivity contribution in [2.75, 3.05) is 11.9 Å². The second-order valence-corrected chi connectivity index (χ2v) is 4.72. The van der Waals surface area contributed by atoms with Crippen molar-refractivity contribution in [1.82, 2.24) is 0 Å². The van der Waals surface area contributed by atoms with Crippen LogP contribution >= 0.6 is 0 Å². The van der Waals surface area contributed by atoms with Crippen LogP contribution in [-0.4, -0.2) is 17.6 Å². The lowest BCUT2D eigenvalue weighted by Gasteiger charge is -2.15. The summed E-state index contributed by atoms with van der Waals surface area (Å²) in [5.41, 5.74) is 0.894. The van der Waals surface area contributed by atoms with E-state index in [9.17, 15) is 9.18 Å². The zero-order valence-corrected chi connectivity index (χ0v) is 11.5. The molecule has 5 heteroatoms. The van der Waals surface area contributed by atoms with Crippen molar-refractivity contribution in [3.05, 3.63) is 29.6 Å². The molecule has 0 fully saturated rings. The van der Waals surface area contributed by atoms with E-state index >= 15 is 0 Å². The van der Waals surface area contributed by atoms with Gasteiger partial charge in [0, 0.05) is 13.0 Å². The van der Waals surface area contributed by atoms with Gasteiger partial charge in [0.2, 0.25) is 0 Å². The van der Waals surface area contributed by atoms with Crippen molar-refractivity contribution in [2.45, 2.75) is 32.6 Å². The van der Waals surface area contributed by atoms with E-state index < -0.39 is 11.8 Å². The first-order chi connectivity index (χ1) is 9.56. The smallest absolute Gasteiger partial charge is 0.303 e. The average molecular weight is 278 g/mol. The molecule has 4 nitrogen and oxygen atoms in total. The molecule has 0 saturated heterocycles. The van der Waals surface area contributed by atoms with Crippen molar-refractivity contribution >= 4 is 11.7 Å². The lowest BCUT2D eigenvalue weighted by molar-refractivity contribution is -0.137. The summed E-state index contributed by atoms with van der Waals surface area (Å²) in [6.07, 6.45) is 2.58. The number of aliphatic carboxylic acids is 1. The Kier molecular flexibility index (Phi) is 6.51. The van der Waals surface area contributed by atoms with Crippen LogP contribution in [0.3, 0.4) is 0 Å². The fourth-order valence-corrected chi connectivity index (χ4v) is 2.05. The molecule has 0 amide bonds. The molecule has 1 aromatic carbocycles. The van der Waals surface area contributed by atoms with Gasteiger partial charge in [0.1, 0.15) is 11.9 Å². The molecule has 1 aromatic rings. The Morgan fingerprint density at radius 1 is 1.50 bits per heavy atom. The van der Waals surface area contributed by atoms with Crippen LogP contribution in [0, 0.1) is 23.1 Å². The fourth-order valence-electron chi connectivity index (χ4n) is 2.05. The topological polar surface area (TPSA) is 73.1 Å². The van der Waals surface area contributed by atoms with Gasteiger partial charge in [0.15, 0.2) is 0 Å². The highest BCUT2D eigenvalue weighted by Crippen LogP contribution is 2.19. The van der Waals surface area contributed by atoms with Crippen LogP contribution < -0.4 is 5.32 Å². The number of carboxylic acids is 1. The lowest BCUT2D eigenvalue weighted by Crippen LogP contribution is -2.11. The van der Waals surface area contributed by atoms with E-state index in [2.05, 4.69) is 5.32 Å². The Morgan fingerprint density at radius 3 is 2.85 bits per heavy atom. The predicted molar refractivity (Wildman–Crippen MR) is 74.9 cm³/mol. The highest BCUT2D eigenvalue weighted by atomic mass is 19.1. The normalized spacial score (nSPS) is 11.7. The number of hydrogen-bond acceptors (Lipinski definition) is 3. The van der Waals surface area contributed by atoms with Crippen LogP contribution in [0.25, 0.3) is 0 Å². The SMILES string of the molecule is CCC(CCNc1ccc(F)cc1C#N)CCC(=O)O. The maximum atomic E-state index is 13.0. The minimum Gasteiger partial charge on any atom is -0.481 e. The van der Waals surface area contributed by atoms with Gasteiger partial charge in [-0.1, -0.05) is 13.3 Å². The quantitative estimate of drug-likeness (QED) is 0.764. The molecule has 0 saturated carbocycles. The van der Waals surface area contributed by atoms with Crippen molar-refractivity contribution in [3.8, 4) is 6.07 Å². The molecular weight excluding hydrogens is 259 g/mol. The minimum atomic E-state index is -0.776. The second kappa shape index (κ2) is 8.16. The molecule has 1 unspecified atom stereocenters. The second-order valence-electron chi connectivity index (χ2n) is 4.72.